The van der Waals surface area contributed by atoms with E-state index in [4.69, 9.17) is 10.5 Å². The molecule has 0 spiro atoms. The summed E-state index contributed by atoms with van der Waals surface area (Å²) in [4.78, 5) is 8.35. The van der Waals surface area contributed by atoms with Gasteiger partial charge in [0.15, 0.2) is 0 Å². The Hall–Kier alpha value is -2.30. The van der Waals surface area contributed by atoms with E-state index in [1.54, 1.807) is 19.4 Å². The van der Waals surface area contributed by atoms with Crippen molar-refractivity contribution in [3.63, 3.8) is 0 Å². The molecule has 1 aromatic carbocycles. The number of hydrogen-bond donors (Lipinski definition) is 2. The molecule has 3 N–H and O–H groups in total. The number of rotatable bonds is 4. The van der Waals surface area contributed by atoms with Crippen LogP contribution in [0.5, 0.6) is 5.88 Å². The molecular weight excluding hydrogens is 228 g/mol. The molecule has 1 unspecified atom stereocenters. The summed E-state index contributed by atoms with van der Waals surface area (Å²) in [6.45, 7) is 2.04. The van der Waals surface area contributed by atoms with Gasteiger partial charge in [-0.2, -0.15) is 4.98 Å². The summed E-state index contributed by atoms with van der Waals surface area (Å²) < 4.78 is 5.05. The molecule has 0 amide bonds. The van der Waals surface area contributed by atoms with E-state index in [0.717, 1.165) is 11.3 Å². The van der Waals surface area contributed by atoms with Crippen LogP contribution in [-0.4, -0.2) is 17.1 Å². The fourth-order valence-corrected chi connectivity index (χ4v) is 1.59. The van der Waals surface area contributed by atoms with Crippen molar-refractivity contribution in [2.75, 3.05) is 18.2 Å². The van der Waals surface area contributed by atoms with Crippen LogP contribution in [-0.2, 0) is 0 Å². The molecule has 0 fully saturated rings. The molecular formula is C13H16N4O. The third-order valence-corrected chi connectivity index (χ3v) is 2.62. The third-order valence-electron chi connectivity index (χ3n) is 2.62. The standard InChI is InChI=1S/C13H16N4O/c1-9(10-3-5-11(14)6-4-10)16-13-15-8-7-12(17-13)18-2/h3-9H,14H2,1-2H3,(H,15,16,17). The van der Waals surface area contributed by atoms with E-state index in [2.05, 4.69) is 15.3 Å². The van der Waals surface area contributed by atoms with Crippen LogP contribution in [0.4, 0.5) is 11.6 Å². The average molecular weight is 244 g/mol. The lowest BCUT2D eigenvalue weighted by atomic mass is 10.1. The first-order chi connectivity index (χ1) is 8.69. The van der Waals surface area contributed by atoms with Crippen molar-refractivity contribution in [2.24, 2.45) is 0 Å². The summed E-state index contributed by atoms with van der Waals surface area (Å²) in [7, 11) is 1.58. The summed E-state index contributed by atoms with van der Waals surface area (Å²) >= 11 is 0. The molecule has 18 heavy (non-hydrogen) atoms. The average Bonchev–Trinajstić information content (AvgIpc) is 2.39. The molecule has 1 atom stereocenters. The Balaban J connectivity index is 2.10. The number of nitrogen functional groups attached to an aromatic ring is 1. The van der Waals surface area contributed by atoms with Crippen LogP contribution in [0, 0.1) is 0 Å². The van der Waals surface area contributed by atoms with Crippen molar-refractivity contribution in [3.05, 3.63) is 42.1 Å². The molecule has 2 rings (SSSR count). The largest absolute Gasteiger partial charge is 0.481 e. The maximum absolute atomic E-state index is 5.66. The lowest BCUT2D eigenvalue weighted by Gasteiger charge is -2.14. The number of hydrogen-bond acceptors (Lipinski definition) is 5. The summed E-state index contributed by atoms with van der Waals surface area (Å²) in [5.41, 5.74) is 7.53. The van der Waals surface area contributed by atoms with Gasteiger partial charge in [-0.3, -0.25) is 0 Å². The molecule has 0 bridgehead atoms. The van der Waals surface area contributed by atoms with Crippen molar-refractivity contribution in [1.29, 1.82) is 0 Å². The number of nitrogens with two attached hydrogens (primary N) is 1. The van der Waals surface area contributed by atoms with Crippen LogP contribution in [0.3, 0.4) is 0 Å². The minimum atomic E-state index is 0.0951. The lowest BCUT2D eigenvalue weighted by Crippen LogP contribution is -2.09. The monoisotopic (exact) mass is 244 g/mol. The summed E-state index contributed by atoms with van der Waals surface area (Å²) in [6, 6.07) is 9.51. The highest BCUT2D eigenvalue weighted by atomic mass is 16.5. The van der Waals surface area contributed by atoms with Crippen molar-refractivity contribution < 1.29 is 4.74 Å². The zero-order chi connectivity index (χ0) is 13.0. The Morgan fingerprint density at radius 3 is 2.61 bits per heavy atom. The normalized spacial score (nSPS) is 11.9. The van der Waals surface area contributed by atoms with Gasteiger partial charge in [0.05, 0.1) is 13.2 Å². The Bertz CT molecular complexity index is 513. The highest BCUT2D eigenvalue weighted by molar-refractivity contribution is 5.42. The van der Waals surface area contributed by atoms with Gasteiger partial charge >= 0.3 is 0 Å². The molecule has 0 aliphatic rings. The molecule has 0 aliphatic carbocycles. The second-order valence-corrected chi connectivity index (χ2v) is 3.96. The maximum Gasteiger partial charge on any atom is 0.226 e. The summed E-state index contributed by atoms with van der Waals surface area (Å²) in [5.74, 6) is 1.08. The fraction of sp³-hybridized carbons (Fsp3) is 0.231. The topological polar surface area (TPSA) is 73.1 Å². The van der Waals surface area contributed by atoms with Crippen molar-refractivity contribution in [1.82, 2.24) is 9.97 Å². The third kappa shape index (κ3) is 2.88. The Kier molecular flexibility index (Phi) is 3.62. The van der Waals surface area contributed by atoms with Crippen molar-refractivity contribution in [2.45, 2.75) is 13.0 Å². The fourth-order valence-electron chi connectivity index (χ4n) is 1.59. The molecule has 2 aromatic rings. The predicted octanol–water partition coefficient (Wildman–Crippen LogP) is 2.24. The SMILES string of the molecule is COc1ccnc(NC(C)c2ccc(N)cc2)n1. The number of ether oxygens (including phenoxy) is 1. The lowest BCUT2D eigenvalue weighted by molar-refractivity contribution is 0.397. The van der Waals surface area contributed by atoms with Crippen LogP contribution in [0.15, 0.2) is 36.5 Å². The number of methoxy groups -OCH3 is 1. The Morgan fingerprint density at radius 1 is 1.22 bits per heavy atom. The van der Waals surface area contributed by atoms with E-state index in [1.165, 1.54) is 0 Å². The second kappa shape index (κ2) is 5.35. The van der Waals surface area contributed by atoms with Crippen molar-refractivity contribution >= 4 is 11.6 Å². The molecule has 0 aliphatic heterocycles. The number of aromatic nitrogens is 2. The van der Waals surface area contributed by atoms with Crippen LogP contribution in [0.2, 0.25) is 0 Å². The highest BCUT2D eigenvalue weighted by Crippen LogP contribution is 2.18. The molecule has 0 saturated heterocycles. The minimum Gasteiger partial charge on any atom is -0.481 e. The van der Waals surface area contributed by atoms with E-state index in [-0.39, 0.29) is 6.04 Å². The van der Waals surface area contributed by atoms with E-state index in [9.17, 15) is 0 Å². The zero-order valence-corrected chi connectivity index (χ0v) is 10.4. The molecule has 0 radical (unpaired) electrons. The van der Waals surface area contributed by atoms with Crippen LogP contribution >= 0.6 is 0 Å². The van der Waals surface area contributed by atoms with Gasteiger partial charge in [-0.05, 0) is 24.6 Å². The first-order valence-corrected chi connectivity index (χ1v) is 5.68. The van der Waals surface area contributed by atoms with E-state index in [1.807, 2.05) is 31.2 Å². The maximum atomic E-state index is 5.66. The number of nitrogens with zero attached hydrogens (tertiary/aromatic N) is 2. The predicted molar refractivity (Wildman–Crippen MR) is 71.5 cm³/mol. The zero-order valence-electron chi connectivity index (χ0n) is 10.4. The van der Waals surface area contributed by atoms with Gasteiger partial charge in [-0.15, -0.1) is 0 Å². The number of nitrogens with one attached hydrogen (secondary N) is 1. The molecule has 5 heteroatoms. The van der Waals surface area contributed by atoms with Gasteiger partial charge in [0.25, 0.3) is 0 Å². The second-order valence-electron chi connectivity index (χ2n) is 3.96. The van der Waals surface area contributed by atoms with E-state index in [0.29, 0.717) is 11.8 Å². The Morgan fingerprint density at radius 2 is 1.94 bits per heavy atom. The summed E-state index contributed by atoms with van der Waals surface area (Å²) in [6.07, 6.45) is 1.66. The summed E-state index contributed by atoms with van der Waals surface area (Å²) in [5, 5.41) is 3.21. The van der Waals surface area contributed by atoms with Gasteiger partial charge in [-0.1, -0.05) is 12.1 Å². The van der Waals surface area contributed by atoms with Gasteiger partial charge in [0.2, 0.25) is 11.8 Å². The first-order valence-electron chi connectivity index (χ1n) is 5.68. The number of benzene rings is 1. The number of anilines is 2. The molecule has 5 nitrogen and oxygen atoms in total. The van der Waals surface area contributed by atoms with E-state index >= 15 is 0 Å². The Labute approximate surface area is 106 Å². The molecule has 94 valence electrons. The van der Waals surface area contributed by atoms with Gasteiger partial charge in [-0.25, -0.2) is 4.98 Å². The van der Waals surface area contributed by atoms with Crippen LogP contribution in [0.25, 0.3) is 0 Å². The van der Waals surface area contributed by atoms with E-state index < -0.39 is 0 Å². The molecule has 1 heterocycles. The smallest absolute Gasteiger partial charge is 0.226 e. The molecule has 1 aromatic heterocycles. The van der Waals surface area contributed by atoms with Crippen LogP contribution < -0.4 is 15.8 Å². The van der Waals surface area contributed by atoms with Gasteiger partial charge in [0.1, 0.15) is 0 Å². The van der Waals surface area contributed by atoms with Gasteiger partial charge in [0, 0.05) is 18.0 Å². The van der Waals surface area contributed by atoms with Crippen molar-refractivity contribution in [3.8, 4) is 5.88 Å². The molecule has 0 saturated carbocycles. The highest BCUT2D eigenvalue weighted by Gasteiger charge is 2.07. The minimum absolute atomic E-state index is 0.0951. The van der Waals surface area contributed by atoms with Gasteiger partial charge < -0.3 is 15.8 Å². The quantitative estimate of drug-likeness (QED) is 0.807. The van der Waals surface area contributed by atoms with Crippen LogP contribution in [0.1, 0.15) is 18.5 Å². The first kappa shape index (κ1) is 12.2.